The third-order valence-electron chi connectivity index (χ3n) is 4.44. The predicted octanol–water partition coefficient (Wildman–Crippen LogP) is 2.45. The number of methoxy groups -OCH3 is 1. The average molecular weight is 298 g/mol. The Bertz CT molecular complexity index is 348. The van der Waals surface area contributed by atoms with Crippen molar-refractivity contribution in [3.05, 3.63) is 0 Å². The number of carbonyl (C=O) groups excluding carboxylic acids is 1. The van der Waals surface area contributed by atoms with E-state index in [4.69, 9.17) is 9.47 Å². The van der Waals surface area contributed by atoms with Crippen molar-refractivity contribution in [3.8, 4) is 0 Å². The maximum absolute atomic E-state index is 11.7. The van der Waals surface area contributed by atoms with E-state index in [0.717, 1.165) is 12.8 Å². The normalized spacial score (nSPS) is 32.6. The highest BCUT2D eigenvalue weighted by molar-refractivity contribution is 5.67. The van der Waals surface area contributed by atoms with Crippen LogP contribution in [-0.4, -0.2) is 43.5 Å². The molecule has 2 aliphatic rings. The van der Waals surface area contributed by atoms with E-state index in [2.05, 4.69) is 10.6 Å². The molecule has 21 heavy (non-hydrogen) atoms. The maximum Gasteiger partial charge on any atom is 0.407 e. The third kappa shape index (κ3) is 5.15. The Hall–Kier alpha value is -0.810. The molecule has 0 spiro atoms. The quantitative estimate of drug-likeness (QED) is 0.818. The second kappa shape index (κ2) is 6.97. The Morgan fingerprint density at radius 2 is 1.95 bits per heavy atom. The van der Waals surface area contributed by atoms with Gasteiger partial charge in [0.1, 0.15) is 5.60 Å². The van der Waals surface area contributed by atoms with E-state index in [9.17, 15) is 4.79 Å². The highest BCUT2D eigenvalue weighted by Crippen LogP contribution is 2.29. The van der Waals surface area contributed by atoms with Gasteiger partial charge in [0, 0.05) is 25.7 Å². The fraction of sp³-hybridized carbons (Fsp3) is 0.938. The molecule has 0 aromatic heterocycles. The van der Waals surface area contributed by atoms with Gasteiger partial charge in [0.05, 0.1) is 6.10 Å². The highest BCUT2D eigenvalue weighted by atomic mass is 16.6. The zero-order chi connectivity index (χ0) is 15.5. The molecule has 1 amide bonds. The van der Waals surface area contributed by atoms with Gasteiger partial charge in [-0.15, -0.1) is 0 Å². The molecule has 2 fully saturated rings. The van der Waals surface area contributed by atoms with E-state index in [1.54, 1.807) is 7.11 Å². The molecule has 5 nitrogen and oxygen atoms in total. The first kappa shape index (κ1) is 16.6. The van der Waals surface area contributed by atoms with Crippen molar-refractivity contribution in [3.63, 3.8) is 0 Å². The molecule has 0 aliphatic heterocycles. The van der Waals surface area contributed by atoms with Crippen LogP contribution in [0.1, 0.15) is 52.9 Å². The smallest absolute Gasteiger partial charge is 0.407 e. The first-order valence-electron chi connectivity index (χ1n) is 8.13. The van der Waals surface area contributed by atoms with Gasteiger partial charge in [0.2, 0.25) is 0 Å². The Morgan fingerprint density at radius 1 is 1.24 bits per heavy atom. The summed E-state index contributed by atoms with van der Waals surface area (Å²) in [6.07, 6.45) is 5.96. The molecular weight excluding hydrogens is 268 g/mol. The van der Waals surface area contributed by atoms with Crippen molar-refractivity contribution in [2.45, 2.75) is 76.7 Å². The standard InChI is InChI=1S/C16H30N2O3/c1-16(2,3)21-15(19)17-10-11-6-5-7-14(11)18-12-8-13(9-12)20-4/h11-14,18H,5-10H2,1-4H3,(H,17,19). The second-order valence-corrected chi connectivity index (χ2v) is 7.37. The van der Waals surface area contributed by atoms with Crippen molar-refractivity contribution in [1.82, 2.24) is 10.6 Å². The molecule has 2 rings (SSSR count). The molecule has 2 N–H and O–H groups in total. The monoisotopic (exact) mass is 298 g/mol. The van der Waals surface area contributed by atoms with Crippen molar-refractivity contribution in [2.24, 2.45) is 5.92 Å². The number of nitrogens with one attached hydrogen (secondary N) is 2. The lowest BCUT2D eigenvalue weighted by Crippen LogP contribution is -2.51. The fourth-order valence-corrected chi connectivity index (χ4v) is 3.23. The van der Waals surface area contributed by atoms with Crippen LogP contribution in [0.5, 0.6) is 0 Å². The van der Waals surface area contributed by atoms with Gasteiger partial charge < -0.3 is 20.1 Å². The molecule has 2 atom stereocenters. The van der Waals surface area contributed by atoms with Crippen LogP contribution in [0.3, 0.4) is 0 Å². The molecule has 2 aliphatic carbocycles. The zero-order valence-electron chi connectivity index (χ0n) is 13.8. The molecule has 0 aromatic rings. The minimum absolute atomic E-state index is 0.309. The minimum Gasteiger partial charge on any atom is -0.444 e. The van der Waals surface area contributed by atoms with Crippen LogP contribution >= 0.6 is 0 Å². The number of hydrogen-bond donors (Lipinski definition) is 2. The van der Waals surface area contributed by atoms with Crippen LogP contribution in [0.4, 0.5) is 4.79 Å². The second-order valence-electron chi connectivity index (χ2n) is 7.37. The van der Waals surface area contributed by atoms with Gasteiger partial charge in [-0.25, -0.2) is 4.79 Å². The lowest BCUT2D eigenvalue weighted by Gasteiger charge is -2.38. The minimum atomic E-state index is -0.432. The largest absolute Gasteiger partial charge is 0.444 e. The summed E-state index contributed by atoms with van der Waals surface area (Å²) < 4.78 is 10.6. The lowest BCUT2D eigenvalue weighted by atomic mass is 9.87. The molecule has 2 unspecified atom stereocenters. The van der Waals surface area contributed by atoms with Gasteiger partial charge in [0.15, 0.2) is 0 Å². The van der Waals surface area contributed by atoms with Crippen molar-refractivity contribution in [2.75, 3.05) is 13.7 Å². The number of alkyl carbamates (subject to hydrolysis) is 1. The summed E-state index contributed by atoms with van der Waals surface area (Å²) in [5.41, 5.74) is -0.432. The molecule has 0 bridgehead atoms. The van der Waals surface area contributed by atoms with E-state index in [1.807, 2.05) is 20.8 Å². The summed E-state index contributed by atoms with van der Waals surface area (Å²) in [5, 5.41) is 6.64. The molecule has 2 saturated carbocycles. The van der Waals surface area contributed by atoms with Crippen LogP contribution in [0.2, 0.25) is 0 Å². The number of amides is 1. The van der Waals surface area contributed by atoms with Crippen LogP contribution in [0, 0.1) is 5.92 Å². The first-order valence-corrected chi connectivity index (χ1v) is 8.13. The van der Waals surface area contributed by atoms with E-state index in [0.29, 0.717) is 30.7 Å². The van der Waals surface area contributed by atoms with Crippen molar-refractivity contribution < 1.29 is 14.3 Å². The van der Waals surface area contributed by atoms with Gasteiger partial charge in [-0.1, -0.05) is 6.42 Å². The van der Waals surface area contributed by atoms with E-state index in [1.165, 1.54) is 19.3 Å². The van der Waals surface area contributed by atoms with Gasteiger partial charge >= 0.3 is 6.09 Å². The molecule has 0 heterocycles. The molecule has 0 aromatic carbocycles. The summed E-state index contributed by atoms with van der Waals surface area (Å²) in [6, 6.07) is 1.10. The predicted molar refractivity (Wildman–Crippen MR) is 82.3 cm³/mol. The van der Waals surface area contributed by atoms with Gasteiger partial charge in [-0.2, -0.15) is 0 Å². The summed E-state index contributed by atoms with van der Waals surface area (Å²) in [7, 11) is 1.78. The number of ether oxygens (including phenoxy) is 2. The van der Waals surface area contributed by atoms with Gasteiger partial charge in [0.25, 0.3) is 0 Å². The van der Waals surface area contributed by atoms with Crippen molar-refractivity contribution in [1.29, 1.82) is 0 Å². The maximum atomic E-state index is 11.7. The van der Waals surface area contributed by atoms with Gasteiger partial charge in [-0.3, -0.25) is 0 Å². The Labute approximate surface area is 128 Å². The number of hydrogen-bond acceptors (Lipinski definition) is 4. The first-order chi connectivity index (χ1) is 9.87. The van der Waals surface area contributed by atoms with E-state index < -0.39 is 5.60 Å². The summed E-state index contributed by atoms with van der Waals surface area (Å²) >= 11 is 0. The Morgan fingerprint density at radius 3 is 2.57 bits per heavy atom. The van der Waals surface area contributed by atoms with E-state index in [-0.39, 0.29) is 6.09 Å². The number of rotatable bonds is 5. The van der Waals surface area contributed by atoms with Crippen molar-refractivity contribution >= 4 is 6.09 Å². The third-order valence-corrected chi connectivity index (χ3v) is 4.44. The van der Waals surface area contributed by atoms with Crippen LogP contribution < -0.4 is 10.6 Å². The average Bonchev–Trinajstić information content (AvgIpc) is 2.75. The molecule has 5 heteroatoms. The van der Waals surface area contributed by atoms with Crippen LogP contribution in [-0.2, 0) is 9.47 Å². The summed E-state index contributed by atoms with van der Waals surface area (Å²) in [4.78, 5) is 11.7. The van der Waals surface area contributed by atoms with Crippen LogP contribution in [0.15, 0.2) is 0 Å². The topological polar surface area (TPSA) is 59.6 Å². The highest BCUT2D eigenvalue weighted by Gasteiger charge is 2.35. The summed E-state index contributed by atoms with van der Waals surface area (Å²) in [5.74, 6) is 0.513. The summed E-state index contributed by atoms with van der Waals surface area (Å²) in [6.45, 7) is 6.35. The van der Waals surface area contributed by atoms with Crippen LogP contribution in [0.25, 0.3) is 0 Å². The molecular formula is C16H30N2O3. The zero-order valence-corrected chi connectivity index (χ0v) is 13.8. The van der Waals surface area contributed by atoms with E-state index >= 15 is 0 Å². The molecule has 0 radical (unpaired) electrons. The van der Waals surface area contributed by atoms with Gasteiger partial charge in [-0.05, 0) is 52.4 Å². The Kier molecular flexibility index (Phi) is 5.49. The fourth-order valence-electron chi connectivity index (χ4n) is 3.23. The SMILES string of the molecule is COC1CC(NC2CCCC2CNC(=O)OC(C)(C)C)C1. The molecule has 122 valence electrons. The molecule has 0 saturated heterocycles. The Balaban J connectivity index is 1.69. The lowest BCUT2D eigenvalue weighted by molar-refractivity contribution is 0.0127. The number of carbonyl (C=O) groups is 1.